The van der Waals surface area contributed by atoms with Crippen molar-refractivity contribution in [2.75, 3.05) is 0 Å². The number of hydrazine groups is 1. The number of nitrogens with two attached hydrogens (primary N) is 1. The van der Waals surface area contributed by atoms with Crippen molar-refractivity contribution in [3.05, 3.63) is 51.8 Å². The van der Waals surface area contributed by atoms with Crippen LogP contribution in [0.2, 0.25) is 0 Å². The number of hydrogen-bond donors (Lipinski definition) is 2. The first-order valence-corrected chi connectivity index (χ1v) is 6.58. The predicted molar refractivity (Wildman–Crippen MR) is 73.3 cm³/mol. The minimum atomic E-state index is -0.445. The third kappa shape index (κ3) is 2.10. The van der Waals surface area contributed by atoms with Gasteiger partial charge in [-0.1, -0.05) is 0 Å². The lowest BCUT2D eigenvalue weighted by Gasteiger charge is -2.01. The van der Waals surface area contributed by atoms with Crippen molar-refractivity contribution in [2.24, 2.45) is 5.84 Å². The molecule has 0 atom stereocenters. The Morgan fingerprint density at radius 2 is 2.40 bits per heavy atom. The van der Waals surface area contributed by atoms with Gasteiger partial charge in [0.2, 0.25) is 0 Å². The first-order chi connectivity index (χ1) is 9.69. The third-order valence-corrected chi connectivity index (χ3v) is 3.70. The van der Waals surface area contributed by atoms with Crippen LogP contribution < -0.4 is 16.8 Å². The molecule has 20 heavy (non-hydrogen) atoms. The molecule has 3 heterocycles. The lowest BCUT2D eigenvalue weighted by atomic mass is 10.3. The molecule has 0 aliphatic carbocycles. The van der Waals surface area contributed by atoms with E-state index >= 15 is 0 Å². The lowest BCUT2D eigenvalue weighted by Crippen LogP contribution is -2.29. The first-order valence-electron chi connectivity index (χ1n) is 5.70. The van der Waals surface area contributed by atoms with Crippen molar-refractivity contribution in [1.29, 1.82) is 0 Å². The second kappa shape index (κ2) is 4.91. The number of furan rings is 1. The highest BCUT2D eigenvalue weighted by Gasteiger charge is 2.11. The minimum Gasteiger partial charge on any atom is -0.467 e. The topological polar surface area (TPSA) is 103 Å². The molecule has 3 rings (SSSR count). The quantitative estimate of drug-likeness (QED) is 0.420. The summed E-state index contributed by atoms with van der Waals surface area (Å²) in [6, 6.07) is 3.33. The van der Waals surface area contributed by atoms with Crippen molar-refractivity contribution in [3.8, 4) is 0 Å². The molecule has 8 heteroatoms. The van der Waals surface area contributed by atoms with E-state index < -0.39 is 5.91 Å². The number of nitrogens with zero attached hydrogens (tertiary/aromatic N) is 2. The zero-order valence-corrected chi connectivity index (χ0v) is 11.0. The second-order valence-corrected chi connectivity index (χ2v) is 5.00. The number of amides is 1. The number of aromatic nitrogens is 2. The minimum absolute atomic E-state index is 0.133. The molecule has 0 bridgehead atoms. The van der Waals surface area contributed by atoms with Crippen molar-refractivity contribution >= 4 is 27.5 Å². The number of fused-ring (bicyclic) bond motifs is 1. The Hall–Kier alpha value is -2.45. The maximum Gasteiger partial charge on any atom is 0.271 e. The van der Waals surface area contributed by atoms with E-state index in [-0.39, 0.29) is 12.1 Å². The van der Waals surface area contributed by atoms with Gasteiger partial charge < -0.3 is 4.42 Å². The van der Waals surface area contributed by atoms with E-state index in [0.29, 0.717) is 21.5 Å². The Kier molecular flexibility index (Phi) is 3.09. The summed E-state index contributed by atoms with van der Waals surface area (Å²) in [5.41, 5.74) is 2.87. The number of nitrogens with one attached hydrogen (secondary N) is 1. The molecule has 0 spiro atoms. The molecular formula is C12H10N4O3S. The summed E-state index contributed by atoms with van der Waals surface area (Å²) in [7, 11) is 0. The molecule has 0 saturated carbocycles. The molecule has 3 aromatic heterocycles. The van der Waals surface area contributed by atoms with Crippen LogP contribution in [0.25, 0.3) is 10.2 Å². The van der Waals surface area contributed by atoms with Crippen LogP contribution in [-0.4, -0.2) is 15.5 Å². The average molecular weight is 290 g/mol. The van der Waals surface area contributed by atoms with E-state index in [0.717, 1.165) is 0 Å². The van der Waals surface area contributed by atoms with Gasteiger partial charge in [-0.2, -0.15) is 0 Å². The summed E-state index contributed by atoms with van der Waals surface area (Å²) in [6.45, 7) is 0.206. The Labute approximate surface area is 116 Å². The van der Waals surface area contributed by atoms with Crippen LogP contribution in [0.15, 0.2) is 39.3 Å². The zero-order chi connectivity index (χ0) is 14.1. The molecule has 0 saturated heterocycles. The van der Waals surface area contributed by atoms with E-state index in [1.807, 2.05) is 10.8 Å². The van der Waals surface area contributed by atoms with Gasteiger partial charge in [0.05, 0.1) is 24.0 Å². The summed E-state index contributed by atoms with van der Waals surface area (Å²) < 4.78 is 7.27. The number of nitrogen functional groups attached to an aromatic ring is 1. The number of thiophene rings is 1. The Bertz CT molecular complexity index is 832. The van der Waals surface area contributed by atoms with Crippen LogP contribution in [0.4, 0.5) is 0 Å². The van der Waals surface area contributed by atoms with Gasteiger partial charge in [0.25, 0.3) is 11.5 Å². The Balaban J connectivity index is 1.93. The van der Waals surface area contributed by atoms with Gasteiger partial charge in [-0.25, -0.2) is 10.8 Å². The maximum absolute atomic E-state index is 12.2. The van der Waals surface area contributed by atoms with Crippen LogP contribution >= 0.6 is 11.3 Å². The highest BCUT2D eigenvalue weighted by Crippen LogP contribution is 2.14. The monoisotopic (exact) mass is 290 g/mol. The summed E-state index contributed by atoms with van der Waals surface area (Å²) in [4.78, 5) is 27.7. The number of rotatable bonds is 3. The fraction of sp³-hybridized carbons (Fsp3) is 0.0833. The molecule has 102 valence electrons. The van der Waals surface area contributed by atoms with Crippen LogP contribution in [-0.2, 0) is 6.54 Å². The van der Waals surface area contributed by atoms with Crippen molar-refractivity contribution < 1.29 is 9.21 Å². The second-order valence-electron chi connectivity index (χ2n) is 4.09. The summed E-state index contributed by atoms with van der Waals surface area (Å²) in [5, 5.41) is 1.82. The molecule has 3 N–H and O–H groups in total. The average Bonchev–Trinajstić information content (AvgIpc) is 3.10. The molecule has 0 aliphatic heterocycles. The third-order valence-electron chi connectivity index (χ3n) is 2.81. The van der Waals surface area contributed by atoms with Gasteiger partial charge >= 0.3 is 0 Å². The smallest absolute Gasteiger partial charge is 0.271 e. The summed E-state index contributed by atoms with van der Waals surface area (Å²) >= 11 is 1.35. The molecule has 0 aromatic carbocycles. The van der Waals surface area contributed by atoms with E-state index in [9.17, 15) is 9.59 Å². The van der Waals surface area contributed by atoms with E-state index in [2.05, 4.69) is 4.98 Å². The summed E-state index contributed by atoms with van der Waals surface area (Å²) in [6.07, 6.45) is 2.75. The van der Waals surface area contributed by atoms with Gasteiger partial charge in [0, 0.05) is 0 Å². The van der Waals surface area contributed by atoms with Gasteiger partial charge in [-0.05, 0) is 17.5 Å². The van der Waals surface area contributed by atoms with Crippen LogP contribution in [0.1, 0.15) is 16.1 Å². The number of hydrogen-bond acceptors (Lipinski definition) is 6. The molecule has 0 aliphatic rings. The fourth-order valence-electron chi connectivity index (χ4n) is 1.83. The number of carbonyl (C=O) groups excluding carboxylic acids is 1. The predicted octanol–water partition coefficient (Wildman–Crippen LogP) is 0.703. The van der Waals surface area contributed by atoms with E-state index in [1.54, 1.807) is 6.07 Å². The molecule has 3 aromatic rings. The lowest BCUT2D eigenvalue weighted by molar-refractivity contribution is 0.0953. The normalized spacial score (nSPS) is 10.8. The highest BCUT2D eigenvalue weighted by molar-refractivity contribution is 7.17. The van der Waals surface area contributed by atoms with Gasteiger partial charge in [-0.3, -0.25) is 19.6 Å². The molecule has 7 nitrogen and oxygen atoms in total. The van der Waals surface area contributed by atoms with Crippen LogP contribution in [0.3, 0.4) is 0 Å². The van der Waals surface area contributed by atoms with Crippen molar-refractivity contribution in [2.45, 2.75) is 6.54 Å². The van der Waals surface area contributed by atoms with Gasteiger partial charge in [0.1, 0.15) is 16.7 Å². The molecule has 1 amide bonds. The first kappa shape index (κ1) is 12.6. The SMILES string of the molecule is NNC(=O)c1coc(Cn2cnc3ccsc3c2=O)c1. The van der Waals surface area contributed by atoms with E-state index in [4.69, 9.17) is 10.3 Å². The van der Waals surface area contributed by atoms with Gasteiger partial charge in [0.15, 0.2) is 0 Å². The Morgan fingerprint density at radius 3 is 3.20 bits per heavy atom. The zero-order valence-electron chi connectivity index (χ0n) is 10.2. The highest BCUT2D eigenvalue weighted by atomic mass is 32.1. The van der Waals surface area contributed by atoms with Crippen molar-refractivity contribution in [1.82, 2.24) is 15.0 Å². The molecular weight excluding hydrogens is 280 g/mol. The summed E-state index contributed by atoms with van der Waals surface area (Å²) in [5.74, 6) is 5.07. The van der Waals surface area contributed by atoms with Crippen LogP contribution in [0.5, 0.6) is 0 Å². The van der Waals surface area contributed by atoms with Crippen LogP contribution in [0, 0.1) is 0 Å². The molecule has 0 fully saturated rings. The molecule has 0 unspecified atom stereocenters. The maximum atomic E-state index is 12.2. The van der Waals surface area contributed by atoms with Crippen molar-refractivity contribution in [3.63, 3.8) is 0 Å². The molecule has 0 radical (unpaired) electrons. The number of carbonyl (C=O) groups is 1. The van der Waals surface area contributed by atoms with E-state index in [1.165, 1.54) is 34.6 Å². The standard InChI is InChI=1S/C12H10N4O3S/c13-15-11(17)7-3-8(19-5-7)4-16-6-14-9-1-2-20-10(9)12(16)18/h1-3,5-6H,4,13H2,(H,15,17). The fourth-order valence-corrected chi connectivity index (χ4v) is 2.62. The largest absolute Gasteiger partial charge is 0.467 e. The Morgan fingerprint density at radius 1 is 1.55 bits per heavy atom. The van der Waals surface area contributed by atoms with Gasteiger partial charge in [-0.15, -0.1) is 11.3 Å².